The van der Waals surface area contributed by atoms with Crippen LogP contribution in [0.1, 0.15) is 50.7 Å². The number of aliphatic hydroxyl groups excluding tert-OH is 2. The summed E-state index contributed by atoms with van der Waals surface area (Å²) in [6, 6.07) is 5.36. The van der Waals surface area contributed by atoms with Gasteiger partial charge in [0.25, 0.3) is 0 Å². The molecule has 2 atom stereocenters. The molecule has 0 spiro atoms. The smallest absolute Gasteiger partial charge is 0.161 e. The second-order valence-corrected chi connectivity index (χ2v) is 5.94. The Kier molecular flexibility index (Phi) is 5.88. The maximum atomic E-state index is 10.1. The van der Waals surface area contributed by atoms with Crippen molar-refractivity contribution >= 4 is 0 Å². The third-order valence-corrected chi connectivity index (χ3v) is 4.18. The molecule has 1 fully saturated rings. The summed E-state index contributed by atoms with van der Waals surface area (Å²) >= 11 is 0. The van der Waals surface area contributed by atoms with Crippen molar-refractivity contribution in [3.63, 3.8) is 0 Å². The minimum atomic E-state index is -0.541. The lowest BCUT2D eigenvalue weighted by atomic mass is 10.0. The molecule has 2 N–H and O–H groups in total. The lowest BCUT2D eigenvalue weighted by Crippen LogP contribution is -2.20. The van der Waals surface area contributed by atoms with Crippen LogP contribution >= 0.6 is 0 Å². The zero-order valence-electron chi connectivity index (χ0n) is 12.9. The van der Waals surface area contributed by atoms with Crippen LogP contribution in [-0.2, 0) is 0 Å². The van der Waals surface area contributed by atoms with Crippen molar-refractivity contribution in [1.82, 2.24) is 0 Å². The number of benzene rings is 1. The topological polar surface area (TPSA) is 58.9 Å². The molecule has 0 radical (unpaired) electrons. The van der Waals surface area contributed by atoms with Crippen LogP contribution in [0, 0.1) is 5.92 Å². The van der Waals surface area contributed by atoms with Crippen molar-refractivity contribution in [1.29, 1.82) is 0 Å². The van der Waals surface area contributed by atoms with E-state index in [9.17, 15) is 10.2 Å². The predicted octanol–water partition coefficient (Wildman–Crippen LogP) is 3.07. The third-order valence-electron chi connectivity index (χ3n) is 4.18. The van der Waals surface area contributed by atoms with E-state index in [2.05, 4.69) is 0 Å². The average molecular weight is 294 g/mol. The van der Waals surface area contributed by atoms with Crippen LogP contribution < -0.4 is 9.47 Å². The molecular formula is C17H26O4. The quantitative estimate of drug-likeness (QED) is 0.811. The van der Waals surface area contributed by atoms with E-state index < -0.39 is 12.2 Å². The zero-order chi connectivity index (χ0) is 15.2. The SMILES string of the molecule is COc1cc([C@H](C)O)ccc1OCC(O)CC1CCCC1. The molecule has 1 aromatic rings. The van der Waals surface area contributed by atoms with E-state index in [0.29, 0.717) is 17.4 Å². The Bertz CT molecular complexity index is 438. The molecule has 21 heavy (non-hydrogen) atoms. The van der Waals surface area contributed by atoms with Gasteiger partial charge in [0.2, 0.25) is 0 Å². The van der Waals surface area contributed by atoms with Gasteiger partial charge in [-0.05, 0) is 37.0 Å². The minimum Gasteiger partial charge on any atom is -0.493 e. The Labute approximate surface area is 126 Å². The van der Waals surface area contributed by atoms with Crippen molar-refractivity contribution in [2.75, 3.05) is 13.7 Å². The zero-order valence-corrected chi connectivity index (χ0v) is 12.9. The monoisotopic (exact) mass is 294 g/mol. The highest BCUT2D eigenvalue weighted by atomic mass is 16.5. The Morgan fingerprint density at radius 2 is 1.90 bits per heavy atom. The fraction of sp³-hybridized carbons (Fsp3) is 0.647. The van der Waals surface area contributed by atoms with Gasteiger partial charge in [0.1, 0.15) is 6.61 Å². The largest absolute Gasteiger partial charge is 0.493 e. The Morgan fingerprint density at radius 1 is 1.19 bits per heavy atom. The van der Waals surface area contributed by atoms with Crippen molar-refractivity contribution < 1.29 is 19.7 Å². The second kappa shape index (κ2) is 7.66. The molecular weight excluding hydrogens is 268 g/mol. The average Bonchev–Trinajstić information content (AvgIpc) is 2.97. The molecule has 0 amide bonds. The van der Waals surface area contributed by atoms with E-state index in [1.165, 1.54) is 25.7 Å². The second-order valence-electron chi connectivity index (χ2n) is 5.94. The van der Waals surface area contributed by atoms with Crippen LogP contribution in [0.3, 0.4) is 0 Å². The highest BCUT2D eigenvalue weighted by Crippen LogP contribution is 2.31. The Morgan fingerprint density at radius 3 is 2.52 bits per heavy atom. The Hall–Kier alpha value is -1.26. The molecule has 2 rings (SSSR count). The highest BCUT2D eigenvalue weighted by molar-refractivity contribution is 5.43. The van der Waals surface area contributed by atoms with E-state index in [1.54, 1.807) is 26.2 Å². The molecule has 1 aliphatic carbocycles. The number of hydrogen-bond donors (Lipinski definition) is 2. The number of rotatable bonds is 7. The van der Waals surface area contributed by atoms with Gasteiger partial charge in [0.05, 0.1) is 19.3 Å². The molecule has 0 saturated heterocycles. The normalized spacial score (nSPS) is 18.5. The van der Waals surface area contributed by atoms with Gasteiger partial charge in [-0.3, -0.25) is 0 Å². The minimum absolute atomic E-state index is 0.279. The summed E-state index contributed by atoms with van der Waals surface area (Å²) in [5.74, 6) is 1.83. The first-order valence-corrected chi connectivity index (χ1v) is 7.77. The molecule has 0 heterocycles. The van der Waals surface area contributed by atoms with E-state index in [-0.39, 0.29) is 6.61 Å². The fourth-order valence-electron chi connectivity index (χ4n) is 2.95. The molecule has 1 saturated carbocycles. The number of aliphatic hydroxyl groups is 2. The first-order chi connectivity index (χ1) is 10.1. The van der Waals surface area contributed by atoms with Gasteiger partial charge in [-0.1, -0.05) is 31.7 Å². The summed E-state index contributed by atoms with van der Waals surface area (Å²) in [6.07, 6.45) is 4.86. The van der Waals surface area contributed by atoms with Gasteiger partial charge < -0.3 is 19.7 Å². The van der Waals surface area contributed by atoms with Crippen molar-refractivity contribution in [3.8, 4) is 11.5 Å². The summed E-state index contributed by atoms with van der Waals surface area (Å²) in [4.78, 5) is 0. The molecule has 0 aromatic heterocycles. The number of methoxy groups -OCH3 is 1. The van der Waals surface area contributed by atoms with Crippen molar-refractivity contribution in [2.24, 2.45) is 5.92 Å². The van der Waals surface area contributed by atoms with Crippen molar-refractivity contribution in [2.45, 2.75) is 51.2 Å². The van der Waals surface area contributed by atoms with E-state index >= 15 is 0 Å². The van der Waals surface area contributed by atoms with Gasteiger partial charge in [-0.2, -0.15) is 0 Å². The van der Waals surface area contributed by atoms with Crippen molar-refractivity contribution in [3.05, 3.63) is 23.8 Å². The first-order valence-electron chi connectivity index (χ1n) is 7.77. The number of hydrogen-bond acceptors (Lipinski definition) is 4. The van der Waals surface area contributed by atoms with E-state index in [0.717, 1.165) is 12.0 Å². The van der Waals surface area contributed by atoms with Gasteiger partial charge in [-0.25, -0.2) is 0 Å². The lowest BCUT2D eigenvalue weighted by Gasteiger charge is -2.18. The highest BCUT2D eigenvalue weighted by Gasteiger charge is 2.19. The maximum absolute atomic E-state index is 10.1. The molecule has 0 bridgehead atoms. The van der Waals surface area contributed by atoms with E-state index in [1.807, 2.05) is 6.07 Å². The molecule has 1 unspecified atom stereocenters. The van der Waals surface area contributed by atoms with Crippen LogP contribution in [0.25, 0.3) is 0 Å². The van der Waals surface area contributed by atoms with Crippen LogP contribution in [0.15, 0.2) is 18.2 Å². The van der Waals surface area contributed by atoms with Crippen LogP contribution in [0.2, 0.25) is 0 Å². The summed E-state index contributed by atoms with van der Waals surface area (Å²) in [6.45, 7) is 1.99. The molecule has 0 aliphatic heterocycles. The summed E-state index contributed by atoms with van der Waals surface area (Å²) in [5.41, 5.74) is 0.783. The van der Waals surface area contributed by atoms with Gasteiger partial charge in [-0.15, -0.1) is 0 Å². The predicted molar refractivity (Wildman–Crippen MR) is 81.7 cm³/mol. The van der Waals surface area contributed by atoms with Gasteiger partial charge >= 0.3 is 0 Å². The third kappa shape index (κ3) is 4.61. The molecule has 4 nitrogen and oxygen atoms in total. The first kappa shape index (κ1) is 16.1. The maximum Gasteiger partial charge on any atom is 0.161 e. The Balaban J connectivity index is 1.89. The lowest BCUT2D eigenvalue weighted by molar-refractivity contribution is 0.0841. The molecule has 1 aliphatic rings. The van der Waals surface area contributed by atoms with Crippen LogP contribution in [0.5, 0.6) is 11.5 Å². The van der Waals surface area contributed by atoms with E-state index in [4.69, 9.17) is 9.47 Å². The van der Waals surface area contributed by atoms with Crippen LogP contribution in [0.4, 0.5) is 0 Å². The van der Waals surface area contributed by atoms with Gasteiger partial charge in [0, 0.05) is 0 Å². The number of ether oxygens (including phenoxy) is 2. The molecule has 1 aromatic carbocycles. The molecule has 4 heteroatoms. The summed E-state index contributed by atoms with van der Waals surface area (Å²) in [5, 5.41) is 19.6. The molecule has 118 valence electrons. The fourth-order valence-corrected chi connectivity index (χ4v) is 2.95. The van der Waals surface area contributed by atoms with Crippen LogP contribution in [-0.4, -0.2) is 30.0 Å². The summed E-state index contributed by atoms with van der Waals surface area (Å²) in [7, 11) is 1.57. The van der Waals surface area contributed by atoms with Gasteiger partial charge in [0.15, 0.2) is 11.5 Å². The summed E-state index contributed by atoms with van der Waals surface area (Å²) < 4.78 is 11.0. The standard InChI is InChI=1S/C17H26O4/c1-12(18)14-7-8-16(17(10-14)20-2)21-11-15(19)9-13-5-3-4-6-13/h7-8,10,12-13,15,18-19H,3-6,9,11H2,1-2H3/t12-,15?/m0/s1.